The number of hydrogen-bond donors (Lipinski definition) is 2. The summed E-state index contributed by atoms with van der Waals surface area (Å²) in [5.41, 5.74) is 0.833. The van der Waals surface area contributed by atoms with Crippen LogP contribution in [0.4, 0.5) is 0 Å². The van der Waals surface area contributed by atoms with E-state index in [1.54, 1.807) is 24.0 Å². The number of carboxylic acid groups (broad SMARTS) is 1. The molecular formula is C15H14Cl2N2O2S2. The number of nitrogens with zero attached hydrogens (tertiary/aromatic N) is 1. The van der Waals surface area contributed by atoms with E-state index in [0.29, 0.717) is 10.0 Å². The number of thioether (sulfide) groups is 1. The van der Waals surface area contributed by atoms with Crippen LogP contribution in [-0.4, -0.2) is 26.8 Å². The van der Waals surface area contributed by atoms with Gasteiger partial charge in [0.2, 0.25) is 0 Å². The minimum absolute atomic E-state index is 0.150. The molecule has 0 bridgehead atoms. The summed E-state index contributed by atoms with van der Waals surface area (Å²) in [4.78, 5) is 16.7. The Morgan fingerprint density at radius 2 is 2.13 bits per heavy atom. The normalized spacial score (nSPS) is 23.1. The predicted octanol–water partition coefficient (Wildman–Crippen LogP) is 4.68. The van der Waals surface area contributed by atoms with Crippen LogP contribution in [0, 0.1) is 0 Å². The van der Waals surface area contributed by atoms with Crippen molar-refractivity contribution in [3.63, 3.8) is 0 Å². The average molecular weight is 389 g/mol. The van der Waals surface area contributed by atoms with Crippen molar-refractivity contribution in [1.82, 2.24) is 10.3 Å². The van der Waals surface area contributed by atoms with Crippen LogP contribution in [0.15, 0.2) is 24.4 Å². The number of benzene rings is 1. The van der Waals surface area contributed by atoms with Crippen LogP contribution in [0.2, 0.25) is 10.0 Å². The zero-order valence-electron chi connectivity index (χ0n) is 12.3. The van der Waals surface area contributed by atoms with Crippen molar-refractivity contribution in [2.24, 2.45) is 0 Å². The van der Waals surface area contributed by atoms with Crippen LogP contribution >= 0.6 is 46.3 Å². The van der Waals surface area contributed by atoms with Gasteiger partial charge in [0.25, 0.3) is 0 Å². The highest BCUT2D eigenvalue weighted by Gasteiger charge is 2.46. The Morgan fingerprint density at radius 1 is 1.39 bits per heavy atom. The molecule has 2 N–H and O–H groups in total. The van der Waals surface area contributed by atoms with Gasteiger partial charge in [-0.25, -0.2) is 4.98 Å². The molecule has 1 aromatic heterocycles. The highest BCUT2D eigenvalue weighted by atomic mass is 35.5. The molecule has 8 heteroatoms. The van der Waals surface area contributed by atoms with Crippen LogP contribution in [0.25, 0.3) is 10.4 Å². The molecule has 0 amide bonds. The number of carboxylic acids is 1. The second kappa shape index (κ2) is 6.26. The van der Waals surface area contributed by atoms with E-state index < -0.39 is 16.8 Å². The van der Waals surface area contributed by atoms with Gasteiger partial charge in [0.15, 0.2) is 0 Å². The minimum Gasteiger partial charge on any atom is -0.480 e. The summed E-state index contributed by atoms with van der Waals surface area (Å²) in [6, 6.07) is 4.86. The van der Waals surface area contributed by atoms with Gasteiger partial charge in [-0.3, -0.25) is 10.1 Å². The van der Waals surface area contributed by atoms with Crippen molar-refractivity contribution in [1.29, 1.82) is 0 Å². The van der Waals surface area contributed by atoms with Crippen LogP contribution in [0.3, 0.4) is 0 Å². The first-order valence-electron chi connectivity index (χ1n) is 6.86. The first-order valence-corrected chi connectivity index (χ1v) is 9.31. The predicted molar refractivity (Wildman–Crippen MR) is 96.5 cm³/mol. The fraction of sp³-hybridized carbons (Fsp3) is 0.333. The third-order valence-electron chi connectivity index (χ3n) is 3.65. The zero-order chi connectivity index (χ0) is 16.8. The zero-order valence-corrected chi connectivity index (χ0v) is 15.5. The highest BCUT2D eigenvalue weighted by molar-refractivity contribution is 8.01. The Kier molecular flexibility index (Phi) is 4.64. The molecule has 0 aliphatic carbocycles. The third kappa shape index (κ3) is 3.23. The standard InChI is InChI=1S/C15H14Cl2N2O2S2/c1-15(2)11(14(20)21)19-13(23-15)12-18-6-9(22-12)7-4-3-5-8(16)10(7)17/h3-6,11,13,19H,1-2H3,(H,20,21). The summed E-state index contributed by atoms with van der Waals surface area (Å²) in [5.74, 6) is -0.848. The van der Waals surface area contributed by atoms with Gasteiger partial charge in [-0.1, -0.05) is 35.3 Å². The van der Waals surface area contributed by atoms with E-state index in [1.165, 1.54) is 11.3 Å². The molecule has 0 saturated carbocycles. The lowest BCUT2D eigenvalue weighted by Gasteiger charge is -2.20. The molecule has 1 saturated heterocycles. The fourth-order valence-electron chi connectivity index (χ4n) is 2.48. The Labute approximate surface area is 152 Å². The van der Waals surface area contributed by atoms with Crippen LogP contribution in [0.1, 0.15) is 24.2 Å². The number of nitrogens with one attached hydrogen (secondary N) is 1. The Bertz CT molecular complexity index is 764. The van der Waals surface area contributed by atoms with Gasteiger partial charge in [0.05, 0.1) is 14.9 Å². The summed E-state index contributed by atoms with van der Waals surface area (Å²) in [7, 11) is 0. The van der Waals surface area contributed by atoms with E-state index in [1.807, 2.05) is 26.0 Å². The maximum Gasteiger partial charge on any atom is 0.322 e. The second-order valence-electron chi connectivity index (χ2n) is 5.70. The topological polar surface area (TPSA) is 62.2 Å². The number of hydrogen-bond acceptors (Lipinski definition) is 5. The lowest BCUT2D eigenvalue weighted by atomic mass is 10.0. The molecule has 23 heavy (non-hydrogen) atoms. The van der Waals surface area contributed by atoms with Gasteiger partial charge in [-0.15, -0.1) is 23.1 Å². The van der Waals surface area contributed by atoms with E-state index in [4.69, 9.17) is 23.2 Å². The van der Waals surface area contributed by atoms with Crippen molar-refractivity contribution < 1.29 is 9.90 Å². The molecule has 1 aromatic carbocycles. The van der Waals surface area contributed by atoms with E-state index >= 15 is 0 Å². The largest absolute Gasteiger partial charge is 0.480 e. The van der Waals surface area contributed by atoms with E-state index in [9.17, 15) is 9.90 Å². The Balaban J connectivity index is 1.89. The van der Waals surface area contributed by atoms with Crippen molar-refractivity contribution in [3.05, 3.63) is 39.4 Å². The maximum atomic E-state index is 11.4. The number of halogens is 2. The van der Waals surface area contributed by atoms with Crippen LogP contribution in [0.5, 0.6) is 0 Å². The maximum absolute atomic E-state index is 11.4. The quantitative estimate of drug-likeness (QED) is 0.798. The molecular weight excluding hydrogens is 375 g/mol. The lowest BCUT2D eigenvalue weighted by molar-refractivity contribution is -0.139. The summed E-state index contributed by atoms with van der Waals surface area (Å²) < 4.78 is -0.407. The van der Waals surface area contributed by atoms with E-state index in [0.717, 1.165) is 15.4 Å². The molecule has 2 heterocycles. The smallest absolute Gasteiger partial charge is 0.322 e. The molecule has 3 rings (SSSR count). The fourth-order valence-corrected chi connectivity index (χ4v) is 5.39. The summed E-state index contributed by atoms with van der Waals surface area (Å²) >= 11 is 15.4. The van der Waals surface area contributed by atoms with E-state index in [2.05, 4.69) is 10.3 Å². The summed E-state index contributed by atoms with van der Waals surface area (Å²) in [6.45, 7) is 3.84. The highest BCUT2D eigenvalue weighted by Crippen LogP contribution is 2.47. The number of thiazole rings is 1. The van der Waals surface area contributed by atoms with Gasteiger partial charge in [-0.05, 0) is 19.9 Å². The minimum atomic E-state index is -0.848. The number of rotatable bonds is 3. The molecule has 0 spiro atoms. The van der Waals surface area contributed by atoms with Crippen molar-refractivity contribution in [2.45, 2.75) is 30.0 Å². The molecule has 2 atom stereocenters. The second-order valence-corrected chi connectivity index (χ2v) is 9.31. The van der Waals surface area contributed by atoms with Crippen molar-refractivity contribution in [2.75, 3.05) is 0 Å². The van der Waals surface area contributed by atoms with Gasteiger partial charge in [-0.2, -0.15) is 0 Å². The average Bonchev–Trinajstić information content (AvgIpc) is 3.06. The first kappa shape index (κ1) is 17.0. The lowest BCUT2D eigenvalue weighted by Crippen LogP contribution is -2.43. The van der Waals surface area contributed by atoms with Crippen molar-refractivity contribution >= 4 is 52.3 Å². The summed E-state index contributed by atoms with van der Waals surface area (Å²) in [6.07, 6.45) is 1.75. The molecule has 2 unspecified atom stereocenters. The number of carbonyl (C=O) groups is 1. The SMILES string of the molecule is CC1(C)SC(c2ncc(-c3cccc(Cl)c3Cl)s2)NC1C(=O)O. The Morgan fingerprint density at radius 3 is 2.78 bits per heavy atom. The van der Waals surface area contributed by atoms with Gasteiger partial charge in [0, 0.05) is 16.5 Å². The Hall–Kier alpha value is -0.790. The number of aromatic nitrogens is 1. The van der Waals surface area contributed by atoms with Gasteiger partial charge < -0.3 is 5.11 Å². The van der Waals surface area contributed by atoms with Gasteiger partial charge in [0.1, 0.15) is 16.4 Å². The van der Waals surface area contributed by atoms with Gasteiger partial charge >= 0.3 is 5.97 Å². The summed E-state index contributed by atoms with van der Waals surface area (Å²) in [5, 5.41) is 14.2. The third-order valence-corrected chi connectivity index (χ3v) is 7.15. The molecule has 1 fully saturated rings. The molecule has 1 aliphatic heterocycles. The molecule has 0 radical (unpaired) electrons. The molecule has 4 nitrogen and oxygen atoms in total. The first-order chi connectivity index (χ1) is 10.8. The molecule has 122 valence electrons. The van der Waals surface area contributed by atoms with Crippen LogP contribution < -0.4 is 5.32 Å². The molecule has 2 aromatic rings. The number of aliphatic carboxylic acids is 1. The van der Waals surface area contributed by atoms with E-state index in [-0.39, 0.29) is 5.37 Å². The van der Waals surface area contributed by atoms with Crippen LogP contribution in [-0.2, 0) is 4.79 Å². The monoisotopic (exact) mass is 388 g/mol. The van der Waals surface area contributed by atoms with Crippen molar-refractivity contribution in [3.8, 4) is 10.4 Å². The molecule has 1 aliphatic rings.